The average molecular weight is 386 g/mol. The molecule has 0 radical (unpaired) electrons. The molecular formula is C21H26N2O5. The molecule has 0 atom stereocenters. The first-order valence-electron chi connectivity index (χ1n) is 8.89. The second kappa shape index (κ2) is 8.29. The van der Waals surface area contributed by atoms with Crippen LogP contribution in [0, 0.1) is 0 Å². The Hall–Kier alpha value is -3.09. The minimum atomic E-state index is -0.821. The Morgan fingerprint density at radius 3 is 2.21 bits per heavy atom. The third-order valence-corrected chi connectivity index (χ3v) is 3.24. The summed E-state index contributed by atoms with van der Waals surface area (Å²) < 4.78 is 15.9. The van der Waals surface area contributed by atoms with Gasteiger partial charge in [-0.3, -0.25) is 0 Å². The summed E-state index contributed by atoms with van der Waals surface area (Å²) in [5.74, 6) is 0.294. The summed E-state index contributed by atoms with van der Waals surface area (Å²) in [6.07, 6.45) is -0.117. The van der Waals surface area contributed by atoms with Crippen LogP contribution in [-0.2, 0) is 9.47 Å². The molecule has 0 fully saturated rings. The lowest BCUT2D eigenvalue weighted by Gasteiger charge is -2.20. The summed E-state index contributed by atoms with van der Waals surface area (Å²) in [5, 5.41) is 5.50. The van der Waals surface area contributed by atoms with Crippen molar-refractivity contribution in [2.75, 3.05) is 0 Å². The number of benzene rings is 2. The third-order valence-electron chi connectivity index (χ3n) is 3.24. The third kappa shape index (κ3) is 6.57. The fraction of sp³-hybridized carbons (Fsp3) is 0.381. The van der Waals surface area contributed by atoms with Crippen LogP contribution < -0.4 is 10.2 Å². The molecule has 2 aromatic rings. The molecule has 0 heterocycles. The molecule has 0 aromatic heterocycles. The number of nitrogens with zero attached hydrogens (tertiary/aromatic N) is 1. The lowest BCUT2D eigenvalue weighted by Crippen LogP contribution is -2.29. The van der Waals surface area contributed by atoms with Crippen LogP contribution in [0.25, 0.3) is 10.8 Å². The average Bonchev–Trinajstić information content (AvgIpc) is 2.53. The number of rotatable bonds is 3. The van der Waals surface area contributed by atoms with Crippen LogP contribution in [0.4, 0.5) is 9.59 Å². The maximum atomic E-state index is 12.2. The van der Waals surface area contributed by atoms with Crippen molar-refractivity contribution in [3.05, 3.63) is 42.0 Å². The molecule has 1 amide bonds. The maximum Gasteiger partial charge on any atom is 0.514 e. The van der Waals surface area contributed by atoms with E-state index < -0.39 is 23.5 Å². The van der Waals surface area contributed by atoms with Gasteiger partial charge >= 0.3 is 12.2 Å². The minimum Gasteiger partial charge on any atom is -0.443 e. The maximum absolute atomic E-state index is 12.2. The fourth-order valence-corrected chi connectivity index (χ4v) is 2.29. The number of hydrazone groups is 1. The number of hydrogen-bond donors (Lipinski definition) is 1. The summed E-state index contributed by atoms with van der Waals surface area (Å²) in [6.45, 7) is 10.5. The molecule has 0 spiro atoms. The van der Waals surface area contributed by atoms with E-state index in [1.807, 2.05) is 30.3 Å². The predicted molar refractivity (Wildman–Crippen MR) is 108 cm³/mol. The lowest BCUT2D eigenvalue weighted by molar-refractivity contribution is 0.0208. The van der Waals surface area contributed by atoms with Crippen molar-refractivity contribution in [2.45, 2.75) is 52.7 Å². The van der Waals surface area contributed by atoms with Gasteiger partial charge < -0.3 is 14.2 Å². The molecule has 0 saturated heterocycles. The molecule has 0 saturated carbocycles. The van der Waals surface area contributed by atoms with Gasteiger partial charge in [0, 0.05) is 10.9 Å². The zero-order valence-electron chi connectivity index (χ0n) is 17.0. The molecule has 150 valence electrons. The largest absolute Gasteiger partial charge is 0.514 e. The van der Waals surface area contributed by atoms with E-state index in [0.29, 0.717) is 11.3 Å². The highest BCUT2D eigenvalue weighted by atomic mass is 16.7. The van der Waals surface area contributed by atoms with E-state index in [4.69, 9.17) is 14.2 Å². The molecule has 2 aromatic carbocycles. The first-order chi connectivity index (χ1) is 12.9. The summed E-state index contributed by atoms with van der Waals surface area (Å²) in [7, 11) is 0. The van der Waals surface area contributed by atoms with Crippen LogP contribution in [0.1, 0.15) is 47.1 Å². The number of hydrogen-bond acceptors (Lipinski definition) is 6. The van der Waals surface area contributed by atoms with Crippen LogP contribution >= 0.6 is 0 Å². The van der Waals surface area contributed by atoms with E-state index in [1.54, 1.807) is 47.6 Å². The number of fused-ring (bicyclic) bond motifs is 1. The molecule has 2 rings (SSSR count). The van der Waals surface area contributed by atoms with Crippen LogP contribution in [0.2, 0.25) is 0 Å². The quantitative estimate of drug-likeness (QED) is 0.347. The van der Waals surface area contributed by atoms with Crippen molar-refractivity contribution in [2.24, 2.45) is 5.10 Å². The number of amides is 1. The van der Waals surface area contributed by atoms with Crippen LogP contribution in [0.3, 0.4) is 0 Å². The Morgan fingerprint density at radius 1 is 0.929 bits per heavy atom. The number of ether oxygens (including phenoxy) is 3. The minimum absolute atomic E-state index is 0.294. The molecule has 28 heavy (non-hydrogen) atoms. The van der Waals surface area contributed by atoms with Gasteiger partial charge in [-0.2, -0.15) is 5.10 Å². The summed E-state index contributed by atoms with van der Waals surface area (Å²) in [5.41, 5.74) is 1.47. The molecule has 1 N–H and O–H groups in total. The highest BCUT2D eigenvalue weighted by Crippen LogP contribution is 2.29. The SMILES string of the molecule is CC(C)(C)OC(=O)N/N=C/c1ccc2ccccc2c1OC(=O)OC(C)(C)C. The van der Waals surface area contributed by atoms with Gasteiger partial charge in [-0.05, 0) is 53.0 Å². The zero-order chi connectivity index (χ0) is 20.9. The second-order valence-electron chi connectivity index (χ2n) is 8.14. The van der Waals surface area contributed by atoms with Crippen LogP contribution in [-0.4, -0.2) is 29.7 Å². The van der Waals surface area contributed by atoms with Gasteiger partial charge in [0.1, 0.15) is 11.2 Å². The van der Waals surface area contributed by atoms with E-state index in [1.165, 1.54) is 6.21 Å². The highest BCUT2D eigenvalue weighted by Gasteiger charge is 2.20. The molecule has 7 nitrogen and oxygen atoms in total. The lowest BCUT2D eigenvalue weighted by atomic mass is 10.1. The summed E-state index contributed by atoms with van der Waals surface area (Å²) in [6, 6.07) is 11.1. The summed E-state index contributed by atoms with van der Waals surface area (Å²) >= 11 is 0. The van der Waals surface area contributed by atoms with Crippen LogP contribution in [0.5, 0.6) is 5.75 Å². The Balaban J connectivity index is 2.28. The topological polar surface area (TPSA) is 86.2 Å². The van der Waals surface area contributed by atoms with E-state index in [-0.39, 0.29) is 0 Å². The van der Waals surface area contributed by atoms with E-state index in [0.717, 1.165) is 10.8 Å². The van der Waals surface area contributed by atoms with Crippen LogP contribution in [0.15, 0.2) is 41.5 Å². The smallest absolute Gasteiger partial charge is 0.443 e. The molecule has 0 unspecified atom stereocenters. The monoisotopic (exact) mass is 386 g/mol. The van der Waals surface area contributed by atoms with Crippen molar-refractivity contribution >= 4 is 29.2 Å². The first kappa shape index (κ1) is 21.2. The molecule has 7 heteroatoms. The second-order valence-corrected chi connectivity index (χ2v) is 8.14. The number of carbonyl (C=O) groups is 2. The van der Waals surface area contributed by atoms with E-state index in [9.17, 15) is 9.59 Å². The van der Waals surface area contributed by atoms with Crippen molar-refractivity contribution in [1.82, 2.24) is 5.43 Å². The van der Waals surface area contributed by atoms with Gasteiger partial charge in [0.2, 0.25) is 0 Å². The predicted octanol–water partition coefficient (Wildman–Crippen LogP) is 5.01. The molecule has 0 aliphatic carbocycles. The van der Waals surface area contributed by atoms with Gasteiger partial charge in [-0.1, -0.05) is 30.3 Å². The highest BCUT2D eigenvalue weighted by molar-refractivity contribution is 5.98. The molecule has 0 aliphatic rings. The summed E-state index contributed by atoms with van der Waals surface area (Å²) in [4.78, 5) is 23.9. The normalized spacial score (nSPS) is 12.1. The van der Waals surface area contributed by atoms with E-state index in [2.05, 4.69) is 10.5 Å². The Labute approximate surface area is 164 Å². The number of carbonyl (C=O) groups excluding carboxylic acids is 2. The molecule has 0 aliphatic heterocycles. The van der Waals surface area contributed by atoms with Gasteiger partial charge in [0.15, 0.2) is 5.75 Å². The van der Waals surface area contributed by atoms with Gasteiger partial charge in [0.25, 0.3) is 0 Å². The number of nitrogens with one attached hydrogen (secondary N) is 1. The Bertz CT molecular complexity index is 892. The van der Waals surface area contributed by atoms with Gasteiger partial charge in [0.05, 0.1) is 6.21 Å². The fourth-order valence-electron chi connectivity index (χ4n) is 2.29. The zero-order valence-corrected chi connectivity index (χ0v) is 17.0. The first-order valence-corrected chi connectivity index (χ1v) is 8.89. The van der Waals surface area contributed by atoms with Crippen molar-refractivity contribution < 1.29 is 23.8 Å². The van der Waals surface area contributed by atoms with Crippen molar-refractivity contribution in [3.63, 3.8) is 0 Å². The van der Waals surface area contributed by atoms with Crippen molar-refractivity contribution in [3.8, 4) is 5.75 Å². The van der Waals surface area contributed by atoms with Gasteiger partial charge in [-0.15, -0.1) is 0 Å². The van der Waals surface area contributed by atoms with Gasteiger partial charge in [-0.25, -0.2) is 15.0 Å². The van der Waals surface area contributed by atoms with E-state index >= 15 is 0 Å². The molecular weight excluding hydrogens is 360 g/mol. The molecule has 0 bridgehead atoms. The Kier molecular flexibility index (Phi) is 6.28. The van der Waals surface area contributed by atoms with Crippen molar-refractivity contribution in [1.29, 1.82) is 0 Å². The Morgan fingerprint density at radius 2 is 1.57 bits per heavy atom. The standard InChI is InChI=1S/C21H26N2O5/c1-20(2,3)27-18(24)23-22-13-15-12-11-14-9-7-8-10-16(14)17(15)26-19(25)28-21(4,5)6/h7-13H,1-6H3,(H,23,24)/b22-13+.